The van der Waals surface area contributed by atoms with E-state index in [-0.39, 0.29) is 11.3 Å². The van der Waals surface area contributed by atoms with Gasteiger partial charge in [-0.2, -0.15) is 0 Å². The number of ether oxygens (including phenoxy) is 2. The molecule has 0 fully saturated rings. The van der Waals surface area contributed by atoms with Crippen LogP contribution >= 0.6 is 0 Å². The Morgan fingerprint density at radius 3 is 2.24 bits per heavy atom. The van der Waals surface area contributed by atoms with Crippen LogP contribution in [0.4, 0.5) is 0 Å². The van der Waals surface area contributed by atoms with E-state index in [1.54, 1.807) is 18.2 Å². The molecule has 0 saturated heterocycles. The third-order valence-electron chi connectivity index (χ3n) is 6.20. The van der Waals surface area contributed by atoms with Crippen molar-refractivity contribution in [1.29, 1.82) is 0 Å². The smallest absolute Gasteiger partial charge is 0.347 e. The number of methoxy groups -OCH3 is 2. The molecule has 0 aliphatic heterocycles. The molecule has 0 amide bonds. The summed E-state index contributed by atoms with van der Waals surface area (Å²) in [6.45, 7) is 4.43. The molecule has 33 heavy (non-hydrogen) atoms. The summed E-state index contributed by atoms with van der Waals surface area (Å²) in [6, 6.07) is 12.6. The molecule has 0 radical (unpaired) electrons. The maximum atomic E-state index is 13.2. The minimum Gasteiger partial charge on any atom is -0.496 e. The Balaban J connectivity index is 1.90. The van der Waals surface area contributed by atoms with Gasteiger partial charge in [0, 0.05) is 17.7 Å². The van der Waals surface area contributed by atoms with Gasteiger partial charge in [-0.15, -0.1) is 0 Å². The van der Waals surface area contributed by atoms with Gasteiger partial charge in [0.05, 0.1) is 19.6 Å². The summed E-state index contributed by atoms with van der Waals surface area (Å²) >= 11 is 0. The first kappa shape index (κ1) is 24.6. The number of hydrogen-bond donors (Lipinski definition) is 0. The molecule has 0 bridgehead atoms. The van der Waals surface area contributed by atoms with Gasteiger partial charge in [-0.1, -0.05) is 70.2 Å². The van der Waals surface area contributed by atoms with E-state index < -0.39 is 5.63 Å². The Bertz CT molecular complexity index is 1130. The summed E-state index contributed by atoms with van der Waals surface area (Å²) in [4.78, 5) is 25.8. The molecule has 0 aliphatic rings. The average Bonchev–Trinajstić information content (AvgIpc) is 2.84. The van der Waals surface area contributed by atoms with Crippen LogP contribution in [0.5, 0.6) is 11.5 Å². The van der Waals surface area contributed by atoms with Crippen LogP contribution in [0.1, 0.15) is 86.2 Å². The van der Waals surface area contributed by atoms with Crippen molar-refractivity contribution >= 4 is 16.8 Å². The molecule has 1 aromatic heterocycles. The van der Waals surface area contributed by atoms with Gasteiger partial charge in [0.2, 0.25) is 0 Å². The number of hydrogen-bond acceptors (Lipinski definition) is 5. The standard InChI is InChI=1S/C28H34O5/c1-5-7-9-11-19(10-8-6-2)20-12-14-21(15-13-20)27(29)24-18-23-25(32-4)16-22(31-3)17-26(23)33-28(24)30/h12-19H,5-11H2,1-4H3. The molecular formula is C28H34O5. The van der Waals surface area contributed by atoms with Crippen molar-refractivity contribution in [1.82, 2.24) is 0 Å². The van der Waals surface area contributed by atoms with Crippen LogP contribution in [-0.4, -0.2) is 20.0 Å². The fourth-order valence-corrected chi connectivity index (χ4v) is 4.24. The molecule has 1 unspecified atom stereocenters. The van der Waals surface area contributed by atoms with E-state index in [1.165, 1.54) is 58.3 Å². The second-order valence-corrected chi connectivity index (χ2v) is 8.48. The Labute approximate surface area is 195 Å². The van der Waals surface area contributed by atoms with E-state index in [0.717, 1.165) is 6.42 Å². The molecule has 5 heteroatoms. The molecule has 3 rings (SSSR count). The Hall–Kier alpha value is -3.08. The maximum Gasteiger partial charge on any atom is 0.347 e. The van der Waals surface area contributed by atoms with Crippen molar-refractivity contribution in [2.75, 3.05) is 14.2 Å². The van der Waals surface area contributed by atoms with Gasteiger partial charge in [0.15, 0.2) is 5.78 Å². The quantitative estimate of drug-likeness (QED) is 0.171. The summed E-state index contributed by atoms with van der Waals surface area (Å²) in [5, 5.41) is 0.549. The van der Waals surface area contributed by atoms with Gasteiger partial charge in [-0.25, -0.2) is 4.79 Å². The number of carbonyl (C=O) groups is 1. The van der Waals surface area contributed by atoms with E-state index in [9.17, 15) is 9.59 Å². The normalized spacial score (nSPS) is 12.0. The lowest BCUT2D eigenvalue weighted by molar-refractivity contribution is 0.103. The predicted octanol–water partition coefficient (Wildman–Crippen LogP) is 6.90. The van der Waals surface area contributed by atoms with Crippen molar-refractivity contribution in [3.8, 4) is 11.5 Å². The Morgan fingerprint density at radius 2 is 1.61 bits per heavy atom. The maximum absolute atomic E-state index is 13.2. The van der Waals surface area contributed by atoms with Crippen LogP contribution in [0, 0.1) is 0 Å². The van der Waals surface area contributed by atoms with Crippen LogP contribution in [0.25, 0.3) is 11.0 Å². The van der Waals surface area contributed by atoms with Crippen LogP contribution in [0.2, 0.25) is 0 Å². The van der Waals surface area contributed by atoms with Gasteiger partial charge >= 0.3 is 5.63 Å². The van der Waals surface area contributed by atoms with Gasteiger partial charge in [0.25, 0.3) is 0 Å². The predicted molar refractivity (Wildman–Crippen MR) is 132 cm³/mol. The number of benzene rings is 2. The Kier molecular flexibility index (Phi) is 8.70. The highest BCUT2D eigenvalue weighted by Gasteiger charge is 2.19. The molecule has 3 aromatic rings. The van der Waals surface area contributed by atoms with Gasteiger partial charge in [0.1, 0.15) is 22.6 Å². The van der Waals surface area contributed by atoms with E-state index in [1.807, 2.05) is 24.3 Å². The van der Waals surface area contributed by atoms with Crippen LogP contribution in [0.15, 0.2) is 51.7 Å². The zero-order chi connectivity index (χ0) is 23.8. The first-order valence-corrected chi connectivity index (χ1v) is 11.9. The minimum absolute atomic E-state index is 0.0100. The zero-order valence-corrected chi connectivity index (χ0v) is 20.1. The summed E-state index contributed by atoms with van der Waals surface area (Å²) < 4.78 is 16.1. The van der Waals surface area contributed by atoms with Crippen molar-refractivity contribution in [3.05, 3.63) is 69.6 Å². The van der Waals surface area contributed by atoms with Crippen molar-refractivity contribution < 1.29 is 18.7 Å². The van der Waals surface area contributed by atoms with Crippen LogP contribution in [-0.2, 0) is 0 Å². The summed E-state index contributed by atoms with van der Waals surface area (Å²) in [6.07, 6.45) is 8.36. The third kappa shape index (κ3) is 5.84. The lowest BCUT2D eigenvalue weighted by Gasteiger charge is -2.17. The number of carbonyl (C=O) groups excluding carboxylic acids is 1. The molecule has 5 nitrogen and oxygen atoms in total. The number of fused-ring (bicyclic) bond motifs is 1. The van der Waals surface area contributed by atoms with E-state index in [0.29, 0.717) is 33.9 Å². The first-order chi connectivity index (χ1) is 16.0. The molecule has 1 atom stereocenters. The summed E-state index contributed by atoms with van der Waals surface area (Å²) in [7, 11) is 3.05. The fourth-order valence-electron chi connectivity index (χ4n) is 4.24. The molecule has 2 aromatic carbocycles. The van der Waals surface area contributed by atoms with E-state index >= 15 is 0 Å². The molecular weight excluding hydrogens is 416 g/mol. The van der Waals surface area contributed by atoms with Gasteiger partial charge in [-0.05, 0) is 30.4 Å². The molecule has 1 heterocycles. The SMILES string of the molecule is CCCCCC(CCCC)c1ccc(C(=O)c2cc3c(OC)cc(OC)cc3oc2=O)cc1. The lowest BCUT2D eigenvalue weighted by Crippen LogP contribution is -2.15. The second-order valence-electron chi connectivity index (χ2n) is 8.48. The lowest BCUT2D eigenvalue weighted by atomic mass is 9.88. The number of unbranched alkanes of at least 4 members (excludes halogenated alkanes) is 3. The average molecular weight is 451 g/mol. The fraction of sp³-hybridized carbons (Fsp3) is 0.429. The highest BCUT2D eigenvalue weighted by molar-refractivity contribution is 6.10. The van der Waals surface area contributed by atoms with Crippen molar-refractivity contribution in [2.24, 2.45) is 0 Å². The highest BCUT2D eigenvalue weighted by Crippen LogP contribution is 2.32. The van der Waals surface area contributed by atoms with E-state index in [4.69, 9.17) is 13.9 Å². The van der Waals surface area contributed by atoms with Crippen LogP contribution in [0.3, 0.4) is 0 Å². The van der Waals surface area contributed by atoms with Gasteiger partial charge in [-0.3, -0.25) is 4.79 Å². The largest absolute Gasteiger partial charge is 0.496 e. The first-order valence-electron chi connectivity index (χ1n) is 11.9. The monoisotopic (exact) mass is 450 g/mol. The van der Waals surface area contributed by atoms with Crippen LogP contribution < -0.4 is 15.1 Å². The zero-order valence-electron chi connectivity index (χ0n) is 20.1. The molecule has 0 saturated carbocycles. The second kappa shape index (κ2) is 11.7. The molecule has 0 N–H and O–H groups in total. The molecule has 176 valence electrons. The van der Waals surface area contributed by atoms with Crippen molar-refractivity contribution in [2.45, 2.75) is 64.7 Å². The third-order valence-corrected chi connectivity index (χ3v) is 6.20. The number of rotatable bonds is 12. The molecule has 0 spiro atoms. The summed E-state index contributed by atoms with van der Waals surface area (Å²) in [5.41, 5.74) is 1.36. The topological polar surface area (TPSA) is 65.7 Å². The minimum atomic E-state index is -0.674. The summed E-state index contributed by atoms with van der Waals surface area (Å²) in [5.74, 6) is 1.13. The Morgan fingerprint density at radius 1 is 0.909 bits per heavy atom. The van der Waals surface area contributed by atoms with E-state index in [2.05, 4.69) is 13.8 Å². The number of ketones is 1. The van der Waals surface area contributed by atoms with Gasteiger partial charge < -0.3 is 13.9 Å². The highest BCUT2D eigenvalue weighted by atomic mass is 16.5. The molecule has 0 aliphatic carbocycles. The van der Waals surface area contributed by atoms with Crippen molar-refractivity contribution in [3.63, 3.8) is 0 Å².